The molecule has 0 amide bonds. The molecule has 1 aliphatic heterocycles. The first-order chi connectivity index (χ1) is 35.9. The number of ether oxygens (including phenoxy) is 1. The van der Waals surface area contributed by atoms with Gasteiger partial charge in [0.1, 0.15) is 5.82 Å². The van der Waals surface area contributed by atoms with E-state index in [2.05, 4.69) is 303 Å². The third-order valence-electron chi connectivity index (χ3n) is 15.2. The number of aromatic nitrogens is 2. The van der Waals surface area contributed by atoms with Crippen molar-refractivity contribution in [2.45, 2.75) is 90.9 Å². The van der Waals surface area contributed by atoms with Crippen LogP contribution in [0.5, 0.6) is 11.5 Å². The quantitative estimate of drug-likeness (QED) is 0.121. The molecule has 0 spiro atoms. The molecule has 0 unspecified atom stereocenters. The Hall–Kier alpha value is -7.46. The number of fused-ring (bicyclic) bond motifs is 3. The average Bonchev–Trinajstić information content (AvgIpc) is 4.05. The van der Waals surface area contributed by atoms with E-state index in [-0.39, 0.29) is 37.3 Å². The van der Waals surface area contributed by atoms with Crippen molar-refractivity contribution in [1.82, 2.24) is 9.55 Å². The van der Waals surface area contributed by atoms with Crippen molar-refractivity contribution < 1.29 is 25.8 Å². The van der Waals surface area contributed by atoms with Crippen molar-refractivity contribution in [3.63, 3.8) is 0 Å². The summed E-state index contributed by atoms with van der Waals surface area (Å²) in [6, 6.07) is 77.0. The van der Waals surface area contributed by atoms with Gasteiger partial charge < -0.3 is 19.1 Å². The normalized spacial score (nSPS) is 13.3. The SMILES string of the molecule is CC(C)(C)c1cc(N2C=C(c3ccccc3)N(c3[c-]c(Oc4[c-]c5c(c(C(C)(C)c6ccccc6)c4)c4ccccc4n5-c4cc(C(C)(C)C)ccn4)cc(-c4ccccc4)c3)[CH-]2)cc(C(C)(C)c2ccccc2)c1.[Pt]. The van der Waals surface area contributed by atoms with E-state index >= 15 is 0 Å². The van der Waals surface area contributed by atoms with Crippen molar-refractivity contribution in [3.8, 4) is 28.4 Å². The Labute approximate surface area is 464 Å². The zero-order valence-corrected chi connectivity index (χ0v) is 47.5. The number of hydrogen-bond donors (Lipinski definition) is 0. The van der Waals surface area contributed by atoms with Crippen LogP contribution in [0.3, 0.4) is 0 Å². The second kappa shape index (κ2) is 20.2. The molecule has 0 N–H and O–H groups in total. The maximum Gasteiger partial charge on any atom is 0.135 e. The zero-order valence-electron chi connectivity index (χ0n) is 45.2. The number of para-hydroxylation sites is 1. The second-order valence-electron chi connectivity index (χ2n) is 23.1. The summed E-state index contributed by atoms with van der Waals surface area (Å²) in [5.41, 5.74) is 14.5. The molecule has 0 atom stereocenters. The van der Waals surface area contributed by atoms with Crippen molar-refractivity contribution in [2.24, 2.45) is 0 Å². The summed E-state index contributed by atoms with van der Waals surface area (Å²) < 4.78 is 9.53. The van der Waals surface area contributed by atoms with E-state index in [1.165, 1.54) is 27.8 Å². The van der Waals surface area contributed by atoms with Gasteiger partial charge in [0.15, 0.2) is 0 Å². The second-order valence-corrected chi connectivity index (χ2v) is 23.1. The maximum absolute atomic E-state index is 7.27. The Morgan fingerprint density at radius 1 is 0.487 bits per heavy atom. The summed E-state index contributed by atoms with van der Waals surface area (Å²) in [5.74, 6) is 1.99. The van der Waals surface area contributed by atoms with Crippen LogP contribution in [0.25, 0.3) is 44.4 Å². The van der Waals surface area contributed by atoms with Crippen LogP contribution in [0.15, 0.2) is 207 Å². The van der Waals surface area contributed by atoms with E-state index in [1.54, 1.807) is 0 Å². The van der Waals surface area contributed by atoms with Crippen LogP contribution in [-0.2, 0) is 42.7 Å². The molecule has 3 heterocycles. The predicted octanol–water partition coefficient (Wildman–Crippen LogP) is 17.9. The molecule has 0 aliphatic carbocycles. The minimum absolute atomic E-state index is 0. The maximum atomic E-state index is 7.27. The van der Waals surface area contributed by atoms with Gasteiger partial charge in [-0.2, -0.15) is 0 Å². The van der Waals surface area contributed by atoms with Crippen LogP contribution in [0.4, 0.5) is 11.4 Å². The molecular weight excluding hydrogens is 1110 g/mol. The summed E-state index contributed by atoms with van der Waals surface area (Å²) in [7, 11) is 0. The first-order valence-electron chi connectivity index (χ1n) is 26.2. The first kappa shape index (κ1) is 52.0. The Morgan fingerprint density at radius 2 is 1.05 bits per heavy atom. The van der Waals surface area contributed by atoms with Gasteiger partial charge in [-0.1, -0.05) is 226 Å². The molecule has 384 valence electrons. The molecule has 0 bridgehead atoms. The Bertz CT molecular complexity index is 3730. The number of rotatable bonds is 11. The summed E-state index contributed by atoms with van der Waals surface area (Å²) in [5, 5.41) is 2.25. The van der Waals surface area contributed by atoms with Gasteiger partial charge in [0.2, 0.25) is 0 Å². The van der Waals surface area contributed by atoms with Gasteiger partial charge in [-0.3, -0.25) is 0 Å². The van der Waals surface area contributed by atoms with Crippen LogP contribution >= 0.6 is 0 Å². The van der Waals surface area contributed by atoms with Crippen molar-refractivity contribution in [3.05, 3.63) is 264 Å². The topological polar surface area (TPSA) is 33.5 Å². The van der Waals surface area contributed by atoms with Gasteiger partial charge in [0.05, 0.1) is 0 Å². The summed E-state index contributed by atoms with van der Waals surface area (Å²) >= 11 is 0. The van der Waals surface area contributed by atoms with Crippen LogP contribution < -0.4 is 14.5 Å². The fourth-order valence-electron chi connectivity index (χ4n) is 10.6. The first-order valence-corrected chi connectivity index (χ1v) is 26.2. The molecule has 6 heteroatoms. The number of benzene rings is 8. The van der Waals surface area contributed by atoms with E-state index in [1.807, 2.05) is 6.20 Å². The summed E-state index contributed by atoms with van der Waals surface area (Å²) in [4.78, 5) is 9.57. The van der Waals surface area contributed by atoms with Gasteiger partial charge in [0, 0.05) is 61.1 Å². The molecular formula is C70H65N4OPt-3. The van der Waals surface area contributed by atoms with Crippen LogP contribution in [0, 0.1) is 18.8 Å². The minimum Gasteiger partial charge on any atom is -0.509 e. The van der Waals surface area contributed by atoms with Crippen molar-refractivity contribution in [2.75, 3.05) is 9.80 Å². The number of pyridine rings is 1. The molecule has 11 rings (SSSR count). The fourth-order valence-corrected chi connectivity index (χ4v) is 10.6. The fraction of sp³-hybridized carbons (Fsp3) is 0.200. The van der Waals surface area contributed by atoms with E-state index < -0.39 is 5.41 Å². The number of hydrogen-bond acceptors (Lipinski definition) is 4. The van der Waals surface area contributed by atoms with Crippen LogP contribution in [0.1, 0.15) is 108 Å². The average molecular weight is 1170 g/mol. The van der Waals surface area contributed by atoms with Gasteiger partial charge in [0.25, 0.3) is 0 Å². The predicted molar refractivity (Wildman–Crippen MR) is 313 cm³/mol. The van der Waals surface area contributed by atoms with Crippen molar-refractivity contribution in [1.29, 1.82) is 0 Å². The van der Waals surface area contributed by atoms with Crippen LogP contribution in [0.2, 0.25) is 0 Å². The molecule has 5 nitrogen and oxygen atoms in total. The monoisotopic (exact) mass is 1170 g/mol. The molecule has 8 aromatic carbocycles. The smallest absolute Gasteiger partial charge is 0.135 e. The largest absolute Gasteiger partial charge is 0.509 e. The number of anilines is 2. The van der Waals surface area contributed by atoms with Gasteiger partial charge in [-0.25, -0.2) is 4.98 Å². The molecule has 0 saturated carbocycles. The summed E-state index contributed by atoms with van der Waals surface area (Å²) in [6.07, 6.45) is 4.18. The van der Waals surface area contributed by atoms with E-state index in [9.17, 15) is 0 Å². The molecule has 76 heavy (non-hydrogen) atoms. The Kier molecular flexibility index (Phi) is 13.9. The molecule has 0 fully saturated rings. The van der Waals surface area contributed by atoms with Gasteiger partial charge in [-0.15, -0.1) is 53.8 Å². The molecule has 1 aliphatic rings. The molecule has 0 radical (unpaired) electrons. The third-order valence-corrected chi connectivity index (χ3v) is 15.2. The standard InChI is InChI=1S/C70H65N4O.Pt/c1-67(2,3)53-35-36-71-65(42-53)74-62-34-24-23-33-60(62)66-61(70(9,10)52-31-21-14-22-32-52)44-59(45-63(66)74)75-58-38-50(48-25-15-11-16-26-48)37-57(43-58)73-47-72(46-64(73)49-27-17-12-18-28-49)56-40-54(68(4,5)6)39-55(41-56)69(7,8)51-29-19-13-20-30-51;/h11-42,44,46-47H,1-10H3;/q-3;. The molecule has 0 saturated heterocycles. The Balaban J connectivity index is 0.00000657. The molecule has 10 aromatic rings. The van der Waals surface area contributed by atoms with E-state index in [0.717, 1.165) is 66.9 Å². The zero-order chi connectivity index (χ0) is 52.3. The van der Waals surface area contributed by atoms with Gasteiger partial charge >= 0.3 is 0 Å². The summed E-state index contributed by atoms with van der Waals surface area (Å²) in [6.45, 7) is 25.1. The van der Waals surface area contributed by atoms with E-state index in [4.69, 9.17) is 9.72 Å². The Morgan fingerprint density at radius 3 is 1.70 bits per heavy atom. The van der Waals surface area contributed by atoms with Crippen LogP contribution in [-0.4, -0.2) is 9.55 Å². The van der Waals surface area contributed by atoms with Crippen molar-refractivity contribution >= 4 is 38.9 Å². The molecule has 2 aromatic heterocycles. The van der Waals surface area contributed by atoms with E-state index in [0.29, 0.717) is 11.5 Å². The van der Waals surface area contributed by atoms with Gasteiger partial charge in [-0.05, 0) is 97.1 Å². The third kappa shape index (κ3) is 9.94. The number of nitrogens with zero attached hydrogens (tertiary/aromatic N) is 4. The minimum atomic E-state index is -0.438.